The van der Waals surface area contributed by atoms with Gasteiger partial charge in [-0.1, -0.05) is 31.2 Å². The van der Waals surface area contributed by atoms with Crippen LogP contribution in [0.5, 0.6) is 0 Å². The van der Waals surface area contributed by atoms with Crippen LogP contribution in [-0.2, 0) is 4.79 Å². The van der Waals surface area contributed by atoms with E-state index >= 15 is 0 Å². The number of carbonyl (C=O) groups is 1. The molecule has 0 saturated heterocycles. The number of para-hydroxylation sites is 1. The van der Waals surface area contributed by atoms with Gasteiger partial charge < -0.3 is 10.6 Å². The van der Waals surface area contributed by atoms with Gasteiger partial charge in [0, 0.05) is 10.6 Å². The van der Waals surface area contributed by atoms with E-state index in [1.54, 1.807) is 11.3 Å². The van der Waals surface area contributed by atoms with Crippen LogP contribution >= 0.6 is 11.3 Å². The number of anilines is 1. The molecule has 0 aliphatic rings. The third kappa shape index (κ3) is 4.10. The van der Waals surface area contributed by atoms with Crippen LogP contribution in [0.1, 0.15) is 24.3 Å². The van der Waals surface area contributed by atoms with Crippen molar-refractivity contribution in [3.8, 4) is 0 Å². The van der Waals surface area contributed by atoms with Gasteiger partial charge in [-0.05, 0) is 30.0 Å². The molecule has 1 amide bonds. The number of benzene rings is 1. The van der Waals surface area contributed by atoms with Crippen molar-refractivity contribution in [2.24, 2.45) is 0 Å². The first-order valence-electron chi connectivity index (χ1n) is 6.41. The van der Waals surface area contributed by atoms with Gasteiger partial charge in [-0.3, -0.25) is 4.79 Å². The molecule has 2 aromatic rings. The molecule has 0 aliphatic carbocycles. The van der Waals surface area contributed by atoms with Crippen LogP contribution in [0.4, 0.5) is 5.69 Å². The lowest BCUT2D eigenvalue weighted by atomic mass is 10.2. The number of thiophene rings is 1. The van der Waals surface area contributed by atoms with Crippen LogP contribution in [0.15, 0.2) is 47.8 Å². The Bertz CT molecular complexity index is 496. The molecule has 0 spiro atoms. The summed E-state index contributed by atoms with van der Waals surface area (Å²) in [5, 5.41) is 8.19. The van der Waals surface area contributed by atoms with Crippen molar-refractivity contribution >= 4 is 22.9 Å². The zero-order chi connectivity index (χ0) is 13.5. The molecule has 0 aliphatic heterocycles. The molecule has 0 saturated carbocycles. The van der Waals surface area contributed by atoms with E-state index in [9.17, 15) is 4.79 Å². The molecule has 2 N–H and O–H groups in total. The van der Waals surface area contributed by atoms with Crippen LogP contribution < -0.4 is 10.6 Å². The second kappa shape index (κ2) is 6.95. The molecule has 100 valence electrons. The summed E-state index contributed by atoms with van der Waals surface area (Å²) in [5.74, 6) is 0.0177. The Hall–Kier alpha value is -1.81. The second-order valence-corrected chi connectivity index (χ2v) is 5.24. The van der Waals surface area contributed by atoms with Gasteiger partial charge in [-0.15, -0.1) is 11.3 Å². The summed E-state index contributed by atoms with van der Waals surface area (Å²) in [4.78, 5) is 13.1. The van der Waals surface area contributed by atoms with E-state index in [1.165, 1.54) is 4.88 Å². The Morgan fingerprint density at radius 2 is 2.00 bits per heavy atom. The predicted molar refractivity (Wildman–Crippen MR) is 80.4 cm³/mol. The van der Waals surface area contributed by atoms with Crippen molar-refractivity contribution in [1.29, 1.82) is 0 Å². The minimum atomic E-state index is 0.0177. The Balaban J connectivity index is 1.84. The highest BCUT2D eigenvalue weighted by molar-refractivity contribution is 7.10. The highest BCUT2D eigenvalue weighted by Crippen LogP contribution is 2.21. The normalized spacial score (nSPS) is 11.8. The molecule has 3 nitrogen and oxygen atoms in total. The third-order valence-electron chi connectivity index (χ3n) is 2.86. The topological polar surface area (TPSA) is 41.1 Å². The first kappa shape index (κ1) is 13.6. The Kier molecular flexibility index (Phi) is 4.98. The quantitative estimate of drug-likeness (QED) is 0.847. The predicted octanol–water partition coefficient (Wildman–Crippen LogP) is 3.43. The minimum Gasteiger partial charge on any atom is -0.376 e. The minimum absolute atomic E-state index is 0.0177. The van der Waals surface area contributed by atoms with Gasteiger partial charge in [-0.2, -0.15) is 0 Å². The van der Waals surface area contributed by atoms with Crippen molar-refractivity contribution in [3.63, 3.8) is 0 Å². The Labute approximate surface area is 117 Å². The summed E-state index contributed by atoms with van der Waals surface area (Å²) in [7, 11) is 0. The SMILES string of the molecule is CCC(NC(=O)CNc1ccccc1)c1cccs1. The maximum Gasteiger partial charge on any atom is 0.239 e. The van der Waals surface area contributed by atoms with Gasteiger partial charge in [0.25, 0.3) is 0 Å². The summed E-state index contributed by atoms with van der Waals surface area (Å²) in [5.41, 5.74) is 0.960. The zero-order valence-corrected chi connectivity index (χ0v) is 11.7. The lowest BCUT2D eigenvalue weighted by Crippen LogP contribution is -2.32. The first-order valence-corrected chi connectivity index (χ1v) is 7.29. The Morgan fingerprint density at radius 3 is 2.63 bits per heavy atom. The number of rotatable bonds is 6. The van der Waals surface area contributed by atoms with Crippen LogP contribution in [0.25, 0.3) is 0 Å². The van der Waals surface area contributed by atoms with Gasteiger partial charge in [0.05, 0.1) is 12.6 Å². The smallest absolute Gasteiger partial charge is 0.239 e. The van der Waals surface area contributed by atoms with Gasteiger partial charge in [0.1, 0.15) is 0 Å². The van der Waals surface area contributed by atoms with Crippen LogP contribution in [0.2, 0.25) is 0 Å². The zero-order valence-electron chi connectivity index (χ0n) is 10.9. The average molecular weight is 274 g/mol. The Morgan fingerprint density at radius 1 is 1.21 bits per heavy atom. The standard InChI is InChI=1S/C15H18N2OS/c1-2-13(14-9-6-10-19-14)17-15(18)11-16-12-7-4-3-5-8-12/h3-10,13,16H,2,11H2,1H3,(H,17,18). The van der Waals surface area contributed by atoms with Crippen LogP contribution in [0.3, 0.4) is 0 Å². The molecule has 4 heteroatoms. The van der Waals surface area contributed by atoms with Gasteiger partial charge in [0.15, 0.2) is 0 Å². The fourth-order valence-corrected chi connectivity index (χ4v) is 2.71. The number of nitrogens with one attached hydrogen (secondary N) is 2. The monoisotopic (exact) mass is 274 g/mol. The fraction of sp³-hybridized carbons (Fsp3) is 0.267. The largest absolute Gasteiger partial charge is 0.376 e. The summed E-state index contributed by atoms with van der Waals surface area (Å²) < 4.78 is 0. The van der Waals surface area contributed by atoms with Crippen molar-refractivity contribution in [3.05, 3.63) is 52.7 Å². The van der Waals surface area contributed by atoms with Gasteiger partial charge >= 0.3 is 0 Å². The maximum atomic E-state index is 11.9. The highest BCUT2D eigenvalue weighted by Gasteiger charge is 2.12. The molecule has 1 atom stereocenters. The molecule has 1 heterocycles. The van der Waals surface area contributed by atoms with E-state index in [2.05, 4.69) is 23.6 Å². The molecule has 0 radical (unpaired) electrons. The molecule has 0 bridgehead atoms. The maximum absolute atomic E-state index is 11.9. The molecular weight excluding hydrogens is 256 g/mol. The molecule has 1 aromatic heterocycles. The van der Waals surface area contributed by atoms with Crippen molar-refractivity contribution < 1.29 is 4.79 Å². The molecule has 1 unspecified atom stereocenters. The fourth-order valence-electron chi connectivity index (χ4n) is 1.85. The summed E-state index contributed by atoms with van der Waals surface area (Å²) in [6.07, 6.45) is 0.900. The van der Waals surface area contributed by atoms with E-state index in [-0.39, 0.29) is 11.9 Å². The van der Waals surface area contributed by atoms with Crippen molar-refractivity contribution in [2.45, 2.75) is 19.4 Å². The summed E-state index contributed by atoms with van der Waals surface area (Å²) in [6.45, 7) is 2.38. The molecule has 19 heavy (non-hydrogen) atoms. The number of hydrogen-bond donors (Lipinski definition) is 2. The summed E-state index contributed by atoms with van der Waals surface area (Å²) >= 11 is 1.68. The van der Waals surface area contributed by atoms with E-state index in [0.29, 0.717) is 6.54 Å². The van der Waals surface area contributed by atoms with E-state index in [0.717, 1.165) is 12.1 Å². The first-order chi connectivity index (χ1) is 9.29. The van der Waals surface area contributed by atoms with Crippen molar-refractivity contribution in [2.75, 3.05) is 11.9 Å². The molecule has 0 fully saturated rings. The number of amides is 1. The lowest BCUT2D eigenvalue weighted by Gasteiger charge is -2.16. The van der Waals surface area contributed by atoms with Crippen LogP contribution in [0, 0.1) is 0 Å². The third-order valence-corrected chi connectivity index (χ3v) is 3.84. The van der Waals surface area contributed by atoms with Gasteiger partial charge in [-0.25, -0.2) is 0 Å². The highest BCUT2D eigenvalue weighted by atomic mass is 32.1. The van der Waals surface area contributed by atoms with E-state index in [1.807, 2.05) is 41.8 Å². The number of hydrogen-bond acceptors (Lipinski definition) is 3. The molecular formula is C15H18N2OS. The van der Waals surface area contributed by atoms with E-state index < -0.39 is 0 Å². The molecule has 1 aromatic carbocycles. The lowest BCUT2D eigenvalue weighted by molar-refractivity contribution is -0.120. The molecule has 2 rings (SSSR count). The number of carbonyl (C=O) groups excluding carboxylic acids is 1. The van der Waals surface area contributed by atoms with Crippen molar-refractivity contribution in [1.82, 2.24) is 5.32 Å². The second-order valence-electron chi connectivity index (χ2n) is 4.26. The summed E-state index contributed by atoms with van der Waals surface area (Å²) in [6, 6.07) is 13.9. The average Bonchev–Trinajstić information content (AvgIpc) is 2.97. The van der Waals surface area contributed by atoms with Gasteiger partial charge in [0.2, 0.25) is 5.91 Å². The van der Waals surface area contributed by atoms with Crippen LogP contribution in [-0.4, -0.2) is 12.5 Å². The van der Waals surface area contributed by atoms with E-state index in [4.69, 9.17) is 0 Å².